The number of nitrogens with one attached hydrogen (secondary N) is 1. The molecule has 0 aliphatic carbocycles. The molecule has 3 unspecified atom stereocenters. The van der Waals surface area contributed by atoms with E-state index in [4.69, 9.17) is 5.73 Å². The first kappa shape index (κ1) is 21.2. The van der Waals surface area contributed by atoms with Crippen molar-refractivity contribution in [3.8, 4) is 0 Å². The third-order valence-corrected chi connectivity index (χ3v) is 4.12. The maximum Gasteiger partial charge on any atom is 0.406 e. The SMILES string of the molecule is CC(C(=O)NC1CCN(CC(F)(F)F)C1=O)C(N)c1ccccc1.Cl. The van der Waals surface area contributed by atoms with Crippen molar-refractivity contribution in [2.75, 3.05) is 13.1 Å². The Hall–Kier alpha value is -1.80. The van der Waals surface area contributed by atoms with E-state index in [1.54, 1.807) is 31.2 Å². The van der Waals surface area contributed by atoms with Gasteiger partial charge in [0, 0.05) is 12.6 Å². The highest BCUT2D eigenvalue weighted by molar-refractivity contribution is 5.90. The minimum absolute atomic E-state index is 0. The summed E-state index contributed by atoms with van der Waals surface area (Å²) in [5.41, 5.74) is 6.83. The van der Waals surface area contributed by atoms with Gasteiger partial charge in [0.05, 0.1) is 5.92 Å². The summed E-state index contributed by atoms with van der Waals surface area (Å²) in [5, 5.41) is 2.52. The number of hydrogen-bond acceptors (Lipinski definition) is 3. The Morgan fingerprint density at radius 1 is 1.36 bits per heavy atom. The molecule has 2 rings (SSSR count). The van der Waals surface area contributed by atoms with Crippen LogP contribution in [0.1, 0.15) is 24.9 Å². The van der Waals surface area contributed by atoms with Crippen LogP contribution in [0.4, 0.5) is 13.2 Å². The first-order chi connectivity index (χ1) is 11.2. The van der Waals surface area contributed by atoms with Crippen molar-refractivity contribution < 1.29 is 22.8 Å². The van der Waals surface area contributed by atoms with Crippen LogP contribution >= 0.6 is 12.4 Å². The van der Waals surface area contributed by atoms with E-state index >= 15 is 0 Å². The molecule has 0 saturated carbocycles. The van der Waals surface area contributed by atoms with Gasteiger partial charge in [0.2, 0.25) is 11.8 Å². The van der Waals surface area contributed by atoms with E-state index in [-0.39, 0.29) is 25.4 Å². The van der Waals surface area contributed by atoms with Crippen LogP contribution in [-0.2, 0) is 9.59 Å². The zero-order valence-electron chi connectivity index (χ0n) is 13.6. The van der Waals surface area contributed by atoms with Crippen molar-refractivity contribution >= 4 is 24.2 Å². The molecular weight excluding hydrogens is 359 g/mol. The molecule has 5 nitrogen and oxygen atoms in total. The number of amides is 2. The minimum atomic E-state index is -4.45. The third kappa shape index (κ3) is 5.61. The number of benzene rings is 1. The Morgan fingerprint density at radius 3 is 2.52 bits per heavy atom. The molecule has 0 aromatic heterocycles. The average molecular weight is 380 g/mol. The van der Waals surface area contributed by atoms with Gasteiger partial charge in [-0.15, -0.1) is 12.4 Å². The van der Waals surface area contributed by atoms with Crippen LogP contribution in [0.2, 0.25) is 0 Å². The number of alkyl halides is 3. The second-order valence-electron chi connectivity index (χ2n) is 5.95. The quantitative estimate of drug-likeness (QED) is 0.822. The zero-order valence-corrected chi connectivity index (χ0v) is 14.4. The maximum atomic E-state index is 12.4. The smallest absolute Gasteiger partial charge is 0.344 e. The number of halogens is 4. The summed E-state index contributed by atoms with van der Waals surface area (Å²) >= 11 is 0. The first-order valence-electron chi connectivity index (χ1n) is 7.65. The van der Waals surface area contributed by atoms with Crippen molar-refractivity contribution in [1.82, 2.24) is 10.2 Å². The predicted octanol–water partition coefficient (Wildman–Crippen LogP) is 2.02. The first-order valence-corrected chi connectivity index (χ1v) is 7.65. The molecule has 1 aromatic carbocycles. The molecule has 1 aromatic rings. The fourth-order valence-corrected chi connectivity index (χ4v) is 2.68. The number of likely N-dealkylation sites (tertiary alicyclic amines) is 1. The van der Waals surface area contributed by atoms with Gasteiger partial charge in [0.1, 0.15) is 12.6 Å². The maximum absolute atomic E-state index is 12.4. The van der Waals surface area contributed by atoms with E-state index in [2.05, 4.69) is 5.32 Å². The Kier molecular flexibility index (Phi) is 7.25. The monoisotopic (exact) mass is 379 g/mol. The highest BCUT2D eigenvalue weighted by Crippen LogP contribution is 2.22. The summed E-state index contributed by atoms with van der Waals surface area (Å²) < 4.78 is 37.2. The molecule has 1 saturated heterocycles. The molecule has 1 heterocycles. The lowest BCUT2D eigenvalue weighted by Gasteiger charge is -2.22. The second-order valence-corrected chi connectivity index (χ2v) is 5.95. The van der Waals surface area contributed by atoms with Crippen molar-refractivity contribution in [3.63, 3.8) is 0 Å². The van der Waals surface area contributed by atoms with E-state index in [1.807, 2.05) is 6.07 Å². The molecule has 1 aliphatic rings. The fourth-order valence-electron chi connectivity index (χ4n) is 2.68. The molecule has 140 valence electrons. The van der Waals surface area contributed by atoms with Gasteiger partial charge in [-0.25, -0.2) is 0 Å². The minimum Gasteiger partial charge on any atom is -0.344 e. The molecule has 1 fully saturated rings. The molecule has 2 amide bonds. The van der Waals surface area contributed by atoms with Crippen molar-refractivity contribution in [2.24, 2.45) is 11.7 Å². The molecule has 25 heavy (non-hydrogen) atoms. The van der Waals surface area contributed by atoms with Crippen LogP contribution in [0.25, 0.3) is 0 Å². The summed E-state index contributed by atoms with van der Waals surface area (Å²) in [6.45, 7) is 0.305. The van der Waals surface area contributed by atoms with Gasteiger partial charge < -0.3 is 16.0 Å². The number of carbonyl (C=O) groups excluding carboxylic acids is 2. The van der Waals surface area contributed by atoms with Gasteiger partial charge in [-0.1, -0.05) is 37.3 Å². The van der Waals surface area contributed by atoms with E-state index in [0.29, 0.717) is 4.90 Å². The molecule has 3 atom stereocenters. The van der Waals surface area contributed by atoms with Crippen LogP contribution in [-0.4, -0.2) is 42.0 Å². The lowest BCUT2D eigenvalue weighted by Crippen LogP contribution is -2.46. The number of carbonyl (C=O) groups is 2. The van der Waals surface area contributed by atoms with Gasteiger partial charge in [0.15, 0.2) is 0 Å². The molecule has 0 bridgehead atoms. The summed E-state index contributed by atoms with van der Waals surface area (Å²) in [7, 11) is 0. The summed E-state index contributed by atoms with van der Waals surface area (Å²) in [6.07, 6.45) is -4.29. The highest BCUT2D eigenvalue weighted by Gasteiger charge is 2.40. The van der Waals surface area contributed by atoms with Gasteiger partial charge in [-0.3, -0.25) is 9.59 Å². The van der Waals surface area contributed by atoms with E-state index in [0.717, 1.165) is 5.56 Å². The van der Waals surface area contributed by atoms with Crippen LogP contribution in [0.3, 0.4) is 0 Å². The number of nitrogens with zero attached hydrogens (tertiary/aromatic N) is 1. The van der Waals surface area contributed by atoms with Crippen LogP contribution in [0.5, 0.6) is 0 Å². The second kappa shape index (κ2) is 8.53. The van der Waals surface area contributed by atoms with Crippen LogP contribution in [0, 0.1) is 5.92 Å². The lowest BCUT2D eigenvalue weighted by molar-refractivity contribution is -0.158. The van der Waals surface area contributed by atoms with Gasteiger partial charge in [0.25, 0.3) is 0 Å². The summed E-state index contributed by atoms with van der Waals surface area (Å²) in [4.78, 5) is 24.9. The topological polar surface area (TPSA) is 75.4 Å². The highest BCUT2D eigenvalue weighted by atomic mass is 35.5. The molecule has 0 radical (unpaired) electrons. The average Bonchev–Trinajstić information content (AvgIpc) is 2.85. The molecule has 0 spiro atoms. The standard InChI is InChI=1S/C16H20F3N3O2.ClH/c1-10(13(20)11-5-3-2-4-6-11)14(23)21-12-7-8-22(15(12)24)9-16(17,18)19;/h2-6,10,12-13H,7-9,20H2,1H3,(H,21,23);1H. The molecule has 9 heteroatoms. The van der Waals surface area contributed by atoms with Gasteiger partial charge in [-0.2, -0.15) is 13.2 Å². The van der Waals surface area contributed by atoms with Gasteiger partial charge in [-0.05, 0) is 12.0 Å². The molecule has 1 aliphatic heterocycles. The van der Waals surface area contributed by atoms with Crippen molar-refractivity contribution in [1.29, 1.82) is 0 Å². The largest absolute Gasteiger partial charge is 0.406 e. The summed E-state index contributed by atoms with van der Waals surface area (Å²) in [5.74, 6) is -1.77. The summed E-state index contributed by atoms with van der Waals surface area (Å²) in [6, 6.07) is 7.53. The lowest BCUT2D eigenvalue weighted by atomic mass is 9.94. The Morgan fingerprint density at radius 2 is 1.96 bits per heavy atom. The van der Waals surface area contributed by atoms with Gasteiger partial charge >= 0.3 is 6.18 Å². The zero-order chi connectivity index (χ0) is 17.9. The van der Waals surface area contributed by atoms with Crippen LogP contribution < -0.4 is 11.1 Å². The van der Waals surface area contributed by atoms with Crippen LogP contribution in [0.15, 0.2) is 30.3 Å². The van der Waals surface area contributed by atoms with Crippen molar-refractivity contribution in [3.05, 3.63) is 35.9 Å². The Balaban J connectivity index is 0.00000312. The normalized spacial score (nSPS) is 20.0. The van der Waals surface area contributed by atoms with Crippen molar-refractivity contribution in [2.45, 2.75) is 31.6 Å². The van der Waals surface area contributed by atoms with E-state index in [9.17, 15) is 22.8 Å². The molecule has 3 N–H and O–H groups in total. The third-order valence-electron chi connectivity index (χ3n) is 4.12. The Labute approximate surface area is 150 Å². The fraction of sp³-hybridized carbons (Fsp3) is 0.500. The number of hydrogen-bond donors (Lipinski definition) is 2. The number of rotatable bonds is 5. The van der Waals surface area contributed by atoms with E-state index < -0.39 is 42.5 Å². The van der Waals surface area contributed by atoms with E-state index in [1.165, 1.54) is 0 Å². The number of nitrogens with two attached hydrogens (primary N) is 1. The predicted molar refractivity (Wildman–Crippen MR) is 89.0 cm³/mol. The molecular formula is C16H21ClF3N3O2. The Bertz CT molecular complexity index is 598.